The Labute approximate surface area is 668 Å². The van der Waals surface area contributed by atoms with Gasteiger partial charge >= 0.3 is 10.6 Å². The fraction of sp³-hybridized carbons (Fsp3) is 0.500. The van der Waals surface area contributed by atoms with Gasteiger partial charge in [-0.05, 0) is 254 Å². The van der Waals surface area contributed by atoms with Crippen LogP contribution in [-0.2, 0) is 49.3 Å². The Morgan fingerprint density at radius 3 is 0.981 bits per heavy atom. The second-order valence-electron chi connectivity index (χ2n) is 25.9. The van der Waals surface area contributed by atoms with Crippen LogP contribution in [0, 0.1) is 220 Å². The Hall–Kier alpha value is -7.51. The van der Waals surface area contributed by atoms with Gasteiger partial charge in [-0.2, -0.15) is 0 Å². The average Bonchev–Trinajstić information content (AvgIpc) is 1.63. The molecule has 0 aliphatic carbocycles. The lowest BCUT2D eigenvalue weighted by atomic mass is 10.0. The van der Waals surface area contributed by atoms with E-state index in [0.717, 1.165) is 92.1 Å². The van der Waals surface area contributed by atoms with Gasteiger partial charge in [0.1, 0.15) is 40.2 Å². The number of aromatic nitrogens is 11. The quantitative estimate of drug-likeness (QED) is 0.129. The number of oxazole rings is 4. The predicted molar refractivity (Wildman–Crippen MR) is 455 cm³/mol. The average molecular weight is 1620 g/mol. The van der Waals surface area contributed by atoms with Crippen molar-refractivity contribution in [2.75, 3.05) is 14.1 Å². The number of pyridine rings is 1. The largest absolute Gasteiger partial charge is 0.466 e. The molecule has 0 bridgehead atoms. The topological polar surface area (TPSA) is 219 Å². The summed E-state index contributed by atoms with van der Waals surface area (Å²) < 4.78 is 42.9. The molecule has 590 valence electrons. The zero-order valence-corrected chi connectivity index (χ0v) is 77.4. The molecule has 0 amide bonds. The lowest BCUT2D eigenvalue weighted by Gasteiger charge is -2.12. The minimum absolute atomic E-state index is 0.103. The Morgan fingerprint density at radius 2 is 0.766 bits per heavy atom. The highest BCUT2D eigenvalue weighted by molar-refractivity contribution is 7.73. The van der Waals surface area contributed by atoms with Crippen LogP contribution < -0.4 is 26.5 Å². The van der Waals surface area contributed by atoms with Crippen LogP contribution in [0.15, 0.2) is 46.5 Å². The van der Waals surface area contributed by atoms with Crippen LogP contribution in [0.4, 0.5) is 0 Å². The summed E-state index contributed by atoms with van der Waals surface area (Å²) in [6.45, 7) is 59.9. The fourth-order valence-electron chi connectivity index (χ4n) is 9.35. The first-order chi connectivity index (χ1) is 49.3. The van der Waals surface area contributed by atoms with Crippen LogP contribution in [0.5, 0.6) is 0 Å². The minimum Gasteiger partial charge on any atom is -0.466 e. The van der Waals surface area contributed by atoms with Gasteiger partial charge in [0, 0.05) is 140 Å². The maximum Gasteiger partial charge on any atom is 0.419 e. The molecule has 0 N–H and O–H groups in total. The van der Waals surface area contributed by atoms with E-state index in [2.05, 4.69) is 124 Å². The number of hydrogen-bond donors (Lipinski definition) is 0. The standard InChI is InChI=1S/C13H18N2.C9H12O2.C7H12N2O.C7H12N2S.C6H9NO2.2C6H9NOS.C6H9NO.2C6H9NS2.C6H9NS/c1-7-8(2)11(5)15-12(6)10(4)14-13(15)9(7)3;1-5-7(3)11-8(4)6(2)9(5)10;2*1-5-6(2)10-7(8-3)9(5)4;2*1-4-5(2)9-6(8)7(4)3;1-4-5(2)8-6(9)7(4)3;1-4-5(2)8-6(3)7-4;2*1-4-5(2)9-6(8)7(4)3;1-4-5(2)8-6(3)7-4/h1-6H3;1-4H3;2*1-4H3;3*1-3H3;1-3H3;2*1-3H3;1-3H3. The summed E-state index contributed by atoms with van der Waals surface area (Å²) in [5, 5.41) is 1.17. The third kappa shape index (κ3) is 25.8. The Balaban J connectivity index is 0.000000402. The molecular weight excluding hydrogens is 1500 g/mol. The summed E-state index contributed by atoms with van der Waals surface area (Å²) in [5.41, 5.74) is 21.3. The molecule has 12 aromatic rings. The first-order valence-electron chi connectivity index (χ1n) is 34.4. The zero-order chi connectivity index (χ0) is 82.7. The molecule has 0 radical (unpaired) electrons. The Bertz CT molecular complexity index is 5020. The van der Waals surface area contributed by atoms with Gasteiger partial charge in [0.2, 0.25) is 0 Å². The molecule has 21 nitrogen and oxygen atoms in total. The van der Waals surface area contributed by atoms with Crippen molar-refractivity contribution in [2.45, 2.75) is 208 Å². The molecule has 107 heavy (non-hydrogen) atoms. The van der Waals surface area contributed by atoms with Crippen LogP contribution in [0.25, 0.3) is 5.65 Å². The van der Waals surface area contributed by atoms with E-state index in [1.54, 1.807) is 91.8 Å². The van der Waals surface area contributed by atoms with Crippen LogP contribution >= 0.6 is 93.3 Å². The monoisotopic (exact) mass is 1620 g/mol. The van der Waals surface area contributed by atoms with E-state index in [1.165, 1.54) is 91.3 Å². The lowest BCUT2D eigenvalue weighted by molar-refractivity contribution is 0.454. The molecule has 0 fully saturated rings. The van der Waals surface area contributed by atoms with Gasteiger partial charge in [-0.25, -0.2) is 24.7 Å². The van der Waals surface area contributed by atoms with Crippen molar-refractivity contribution >= 4 is 99.0 Å². The Kier molecular flexibility index (Phi) is 37.9. The molecule has 0 aliphatic rings. The number of hydrogen-bond acceptors (Lipinski definition) is 21. The van der Waals surface area contributed by atoms with E-state index in [4.69, 9.17) is 58.7 Å². The summed E-state index contributed by atoms with van der Waals surface area (Å²) in [6, 6.07) is 0. The summed E-state index contributed by atoms with van der Waals surface area (Å²) >= 11 is 23.1. The summed E-state index contributed by atoms with van der Waals surface area (Å²) in [5.74, 6) is 5.36. The molecule has 0 saturated carbocycles. The van der Waals surface area contributed by atoms with E-state index < -0.39 is 0 Å². The number of nitrogens with zero attached hydrogens (tertiary/aromatic N) is 13. The maximum absolute atomic E-state index is 11.4. The molecule has 12 aromatic heterocycles. The van der Waals surface area contributed by atoms with Crippen molar-refractivity contribution < 1.29 is 22.1 Å². The molecule has 0 aliphatic heterocycles. The van der Waals surface area contributed by atoms with Gasteiger partial charge < -0.3 is 49.3 Å². The van der Waals surface area contributed by atoms with E-state index in [9.17, 15) is 14.4 Å². The molecule has 0 saturated heterocycles. The number of imidazole rings is 1. The summed E-state index contributed by atoms with van der Waals surface area (Å²) in [4.78, 5) is 62.1. The second-order valence-corrected chi connectivity index (χ2v) is 33.7. The van der Waals surface area contributed by atoms with Crippen LogP contribution in [0.1, 0.15) is 166 Å². The SMILES string of the molecule is CN=c1oc(C)c(C)n1C.CN=c1sc(C)c(C)n1C.Cc1nc(C)c(C)o1.Cc1nc(C)c(C)s1.Cc1nc2c(C)c(C)c(C)c(C)n2c1C.Cc1oc(=O)n(C)c1C.Cc1oc(=S)n(C)c1C.Cc1oc(C)c(C)c(=O)c1C.Cc1sc(=O)n(C)c1C.Cc1sc(=S)n(C)c1C.Cc1sc(=S)n(C)c1C. The highest BCUT2D eigenvalue weighted by Gasteiger charge is 2.14. The first-order valence-corrected chi connectivity index (χ1v) is 39.7. The van der Waals surface area contributed by atoms with Crippen molar-refractivity contribution in [1.29, 1.82) is 0 Å². The highest BCUT2D eigenvalue weighted by Crippen LogP contribution is 2.25. The van der Waals surface area contributed by atoms with Gasteiger partial charge in [-0.15, -0.1) is 45.3 Å². The number of rotatable bonds is 0. The minimum atomic E-state index is -0.287. The van der Waals surface area contributed by atoms with Gasteiger partial charge in [0.05, 0.1) is 39.2 Å². The summed E-state index contributed by atoms with van der Waals surface area (Å²) in [6.07, 6.45) is 0. The van der Waals surface area contributed by atoms with Crippen LogP contribution in [-0.4, -0.2) is 65.4 Å². The van der Waals surface area contributed by atoms with E-state index in [0.29, 0.717) is 27.4 Å². The number of fused-ring (bicyclic) bond motifs is 1. The van der Waals surface area contributed by atoms with Crippen molar-refractivity contribution in [3.63, 3.8) is 0 Å². The molecular formula is C78H117N13O8S8. The Morgan fingerprint density at radius 1 is 0.327 bits per heavy atom. The zero-order valence-electron chi connectivity index (χ0n) is 70.8. The van der Waals surface area contributed by atoms with Crippen molar-refractivity contribution in [1.82, 2.24) is 51.3 Å². The van der Waals surface area contributed by atoms with Crippen LogP contribution in [0.3, 0.4) is 0 Å². The maximum atomic E-state index is 11.4. The third-order valence-electron chi connectivity index (χ3n) is 19.1. The molecule has 0 atom stereocenters. The van der Waals surface area contributed by atoms with Crippen LogP contribution in [0.2, 0.25) is 0 Å². The molecule has 12 heterocycles. The first kappa shape index (κ1) is 95.6. The molecule has 29 heteroatoms. The molecule has 12 rings (SSSR count). The van der Waals surface area contributed by atoms with Gasteiger partial charge in [0.15, 0.2) is 24.0 Å². The third-order valence-corrected chi connectivity index (χ3v) is 25.9. The normalized spacial score (nSPS) is 10.7. The van der Waals surface area contributed by atoms with E-state index in [1.807, 2.05) is 157 Å². The lowest BCUT2D eigenvalue weighted by Crippen LogP contribution is -2.12. The van der Waals surface area contributed by atoms with Gasteiger partial charge in [-0.1, -0.05) is 11.3 Å². The summed E-state index contributed by atoms with van der Waals surface area (Å²) in [7, 11) is 16.9. The molecule has 0 spiro atoms. The van der Waals surface area contributed by atoms with Crippen molar-refractivity contribution in [3.05, 3.63) is 220 Å². The van der Waals surface area contributed by atoms with Crippen molar-refractivity contribution in [3.8, 4) is 0 Å². The molecule has 0 unspecified atom stereocenters. The van der Waals surface area contributed by atoms with E-state index in [-0.39, 0.29) is 16.1 Å². The van der Waals surface area contributed by atoms with E-state index >= 15 is 0 Å². The smallest absolute Gasteiger partial charge is 0.419 e. The number of aryl methyl sites for hydroxylation is 19. The molecule has 0 aromatic carbocycles. The second kappa shape index (κ2) is 42.5. The van der Waals surface area contributed by atoms with Gasteiger partial charge in [0.25, 0.3) is 10.5 Å². The van der Waals surface area contributed by atoms with Gasteiger partial charge in [-0.3, -0.25) is 23.7 Å². The predicted octanol–water partition coefficient (Wildman–Crippen LogP) is 19.2. The van der Waals surface area contributed by atoms with Crippen molar-refractivity contribution in [2.24, 2.45) is 59.3 Å². The highest BCUT2D eigenvalue weighted by atomic mass is 32.2. The number of thiazole rings is 5. The fourth-order valence-corrected chi connectivity index (χ4v) is 14.8.